The Bertz CT molecular complexity index is 70.2. The van der Waals surface area contributed by atoms with Gasteiger partial charge in [0.05, 0.1) is 0 Å². The summed E-state index contributed by atoms with van der Waals surface area (Å²) in [6.07, 6.45) is 6.05. The number of unbranched alkanes of at least 4 members (excludes halogenated alkanes) is 1. The predicted molar refractivity (Wildman–Crippen MR) is 51.6 cm³/mol. The molecule has 0 unspecified atom stereocenters. The Morgan fingerprint density at radius 3 is 1.83 bits per heavy atom. The van der Waals surface area contributed by atoms with Gasteiger partial charge in [0.2, 0.25) is 0 Å². The van der Waals surface area contributed by atoms with Crippen LogP contribution >= 0.6 is 0 Å². The van der Waals surface area contributed by atoms with Crippen molar-refractivity contribution in [3.8, 4) is 0 Å². The molecule has 0 aromatic carbocycles. The van der Waals surface area contributed by atoms with Crippen LogP contribution < -0.4 is 18.9 Å². The van der Waals surface area contributed by atoms with Gasteiger partial charge in [0, 0.05) is 0 Å². The molecule has 0 radical (unpaired) electrons. The normalized spacial score (nSPS) is 10.0. The van der Waals surface area contributed by atoms with Crippen molar-refractivity contribution in [2.45, 2.75) is 40.0 Å². The average Bonchev–Trinajstić information content (AvgIpc) is 2.01. The second kappa shape index (κ2) is 11.6. The smallest absolute Gasteiger partial charge is 0.330 e. The third-order valence-corrected chi connectivity index (χ3v) is 1.81. The van der Waals surface area contributed by atoms with Gasteiger partial charge in [-0.3, -0.25) is 0 Å². The van der Waals surface area contributed by atoms with E-state index in [-0.39, 0.29) is 18.9 Å². The van der Waals surface area contributed by atoms with E-state index in [1.807, 2.05) is 0 Å². The number of hydrogen-bond acceptors (Lipinski definition) is 1. The number of hydrogen-bond donors (Lipinski definition) is 0. The molecule has 0 fully saturated rings. The minimum Gasteiger partial charge on any atom is -0.330 e. The number of nitrogens with zero attached hydrogens (tertiary/aromatic N) is 1. The van der Waals surface area contributed by atoms with Crippen LogP contribution in [-0.2, 0) is 0 Å². The predicted octanol–water partition coefficient (Wildman–Crippen LogP) is -0.273. The summed E-state index contributed by atoms with van der Waals surface area (Å²) in [6, 6.07) is 0. The zero-order chi connectivity index (χ0) is 8.53. The van der Waals surface area contributed by atoms with Crippen molar-refractivity contribution < 1.29 is 18.9 Å². The quantitative estimate of drug-likeness (QED) is 0.369. The summed E-state index contributed by atoms with van der Waals surface area (Å²) in [5.74, 6) is 0. The van der Waals surface area contributed by atoms with Crippen LogP contribution in [0.3, 0.4) is 0 Å². The van der Waals surface area contributed by atoms with Gasteiger partial charge >= 0.3 is 18.9 Å². The summed E-state index contributed by atoms with van der Waals surface area (Å²) in [5, 5.41) is 0. The monoisotopic (exact) mass is 163 g/mol. The molecule has 0 saturated carbocycles. The van der Waals surface area contributed by atoms with Crippen LogP contribution in [0.15, 0.2) is 0 Å². The molecule has 0 atom stereocenters. The molecule has 1 nitrogen and oxygen atoms in total. The Balaban J connectivity index is 0. The van der Waals surface area contributed by atoms with Gasteiger partial charge in [-0.1, -0.05) is 13.8 Å². The van der Waals surface area contributed by atoms with E-state index >= 15 is 0 Å². The van der Waals surface area contributed by atoms with Gasteiger partial charge in [0.25, 0.3) is 0 Å². The summed E-state index contributed by atoms with van der Waals surface area (Å²) >= 11 is 0. The molecule has 0 saturated heterocycles. The van der Waals surface area contributed by atoms with E-state index in [2.05, 4.69) is 32.1 Å². The molecule has 0 aliphatic heterocycles. The van der Waals surface area contributed by atoms with Crippen molar-refractivity contribution in [2.75, 3.05) is 19.6 Å². The standard InChI is InChI=1S/C10H22N.Li/c1-4-7-10-11(8-5-2)9-6-3;/h4H,5-10H2,1-3H3;/q-1;+1. The van der Waals surface area contributed by atoms with Crippen molar-refractivity contribution in [1.82, 2.24) is 4.90 Å². The molecule has 0 aliphatic rings. The minimum absolute atomic E-state index is 0. The Kier molecular flexibility index (Phi) is 14.5. The maximum Gasteiger partial charge on any atom is 1.00 e. The van der Waals surface area contributed by atoms with Crippen LogP contribution in [-0.4, -0.2) is 24.5 Å². The van der Waals surface area contributed by atoms with Gasteiger partial charge in [0.1, 0.15) is 0 Å². The van der Waals surface area contributed by atoms with E-state index in [9.17, 15) is 0 Å². The van der Waals surface area contributed by atoms with E-state index in [0.29, 0.717) is 0 Å². The second-order valence-corrected chi connectivity index (χ2v) is 3.04. The molecular formula is C10H22LiN. The third kappa shape index (κ3) is 8.65. The summed E-state index contributed by atoms with van der Waals surface area (Å²) in [4.78, 5) is 2.54. The molecule has 0 spiro atoms. The van der Waals surface area contributed by atoms with Crippen molar-refractivity contribution in [3.63, 3.8) is 0 Å². The van der Waals surface area contributed by atoms with Gasteiger partial charge in [-0.25, -0.2) is 0 Å². The molecule has 0 aromatic rings. The first-order valence-corrected chi connectivity index (χ1v) is 4.85. The molecule has 0 N–H and O–H groups in total. The molecule has 0 aromatic heterocycles. The van der Waals surface area contributed by atoms with E-state index in [1.54, 1.807) is 0 Å². The second-order valence-electron chi connectivity index (χ2n) is 3.04. The Morgan fingerprint density at radius 1 is 1.00 bits per heavy atom. The average molecular weight is 163 g/mol. The first-order valence-electron chi connectivity index (χ1n) is 4.85. The maximum atomic E-state index is 2.54. The topological polar surface area (TPSA) is 3.24 Å². The molecule has 2 heteroatoms. The van der Waals surface area contributed by atoms with E-state index in [0.717, 1.165) is 0 Å². The van der Waals surface area contributed by atoms with Crippen LogP contribution in [0.1, 0.15) is 40.0 Å². The van der Waals surface area contributed by atoms with Gasteiger partial charge in [-0.05, 0) is 32.5 Å². The zero-order valence-electron chi connectivity index (χ0n) is 9.27. The summed E-state index contributed by atoms with van der Waals surface area (Å²) in [6.45, 7) is 10.4. The first-order chi connectivity index (χ1) is 5.35. The fourth-order valence-electron chi connectivity index (χ4n) is 1.28. The van der Waals surface area contributed by atoms with Crippen molar-refractivity contribution in [3.05, 3.63) is 6.42 Å². The van der Waals surface area contributed by atoms with Crippen LogP contribution in [0.2, 0.25) is 0 Å². The van der Waals surface area contributed by atoms with Crippen LogP contribution in [0.4, 0.5) is 0 Å². The Morgan fingerprint density at radius 2 is 1.50 bits per heavy atom. The third-order valence-electron chi connectivity index (χ3n) is 1.81. The van der Waals surface area contributed by atoms with Crippen LogP contribution in [0, 0.1) is 6.42 Å². The van der Waals surface area contributed by atoms with Crippen molar-refractivity contribution in [2.24, 2.45) is 0 Å². The molecule has 0 heterocycles. The summed E-state index contributed by atoms with van der Waals surface area (Å²) in [5.41, 5.74) is 0. The molecule has 0 amide bonds. The largest absolute Gasteiger partial charge is 1.00 e. The molecule has 0 aliphatic carbocycles. The van der Waals surface area contributed by atoms with Gasteiger partial charge in [0.15, 0.2) is 0 Å². The SMILES string of the molecule is C[CH-]CCN(CCC)CCC.[Li+]. The van der Waals surface area contributed by atoms with Crippen molar-refractivity contribution >= 4 is 0 Å². The van der Waals surface area contributed by atoms with E-state index in [4.69, 9.17) is 0 Å². The summed E-state index contributed by atoms with van der Waals surface area (Å²) in [7, 11) is 0. The fraction of sp³-hybridized carbons (Fsp3) is 0.900. The molecule has 68 valence electrons. The molecule has 0 bridgehead atoms. The minimum atomic E-state index is 0. The van der Waals surface area contributed by atoms with Gasteiger partial charge in [-0.15, -0.1) is 0 Å². The first kappa shape index (κ1) is 15.0. The molecule has 0 rings (SSSR count). The van der Waals surface area contributed by atoms with Crippen LogP contribution in [0.5, 0.6) is 0 Å². The molecular weight excluding hydrogens is 141 g/mol. The Labute approximate surface area is 90.1 Å². The zero-order valence-corrected chi connectivity index (χ0v) is 9.27. The summed E-state index contributed by atoms with van der Waals surface area (Å²) < 4.78 is 0. The number of rotatable bonds is 7. The van der Waals surface area contributed by atoms with Crippen molar-refractivity contribution in [1.29, 1.82) is 0 Å². The van der Waals surface area contributed by atoms with Gasteiger partial charge < -0.3 is 11.3 Å². The van der Waals surface area contributed by atoms with E-state index < -0.39 is 0 Å². The Hall–Kier alpha value is 0.557. The van der Waals surface area contributed by atoms with E-state index in [1.165, 1.54) is 38.9 Å². The molecule has 12 heavy (non-hydrogen) atoms. The maximum absolute atomic E-state index is 2.54. The fourth-order valence-corrected chi connectivity index (χ4v) is 1.28. The van der Waals surface area contributed by atoms with Crippen LogP contribution in [0.25, 0.3) is 0 Å². The van der Waals surface area contributed by atoms with Gasteiger partial charge in [-0.2, -0.15) is 13.3 Å².